The maximum absolute atomic E-state index is 12.1. The second-order valence-electron chi connectivity index (χ2n) is 5.37. The van der Waals surface area contributed by atoms with E-state index in [-0.39, 0.29) is 5.78 Å². The average Bonchev–Trinajstić information content (AvgIpc) is 2.34. The third kappa shape index (κ3) is 6.01. The molecule has 1 amide bonds. The number of alkyl carbamates (subject to hydrolysis) is 1. The smallest absolute Gasteiger partial charge is 0.408 e. The normalized spacial score (nSPS) is 11.9. The van der Waals surface area contributed by atoms with E-state index in [0.717, 1.165) is 4.47 Å². The van der Waals surface area contributed by atoms with Crippen molar-refractivity contribution in [1.29, 1.82) is 0 Å². The lowest BCUT2D eigenvalue weighted by atomic mass is 10.0. The minimum absolute atomic E-state index is 0.388. The van der Waals surface area contributed by atoms with Crippen LogP contribution < -0.4 is 5.32 Å². The maximum Gasteiger partial charge on any atom is 0.408 e. The van der Waals surface area contributed by atoms with Gasteiger partial charge in [-0.2, -0.15) is 0 Å². The van der Waals surface area contributed by atoms with Crippen molar-refractivity contribution in [2.24, 2.45) is 0 Å². The number of benzene rings is 1. The molecule has 1 aromatic rings. The molecule has 4 nitrogen and oxygen atoms in total. The molecule has 0 saturated carbocycles. The SMILES string of the molecule is CC#CC(=O)C(NC(=O)OC(C)(C)C)c1cccc(Br)c1. The molecule has 112 valence electrons. The summed E-state index contributed by atoms with van der Waals surface area (Å²) in [5, 5.41) is 2.57. The molecule has 0 bridgehead atoms. The van der Waals surface area contributed by atoms with Crippen LogP contribution in [0.5, 0.6) is 0 Å². The highest BCUT2D eigenvalue weighted by molar-refractivity contribution is 9.10. The number of amides is 1. The summed E-state index contributed by atoms with van der Waals surface area (Å²) in [5.74, 6) is 4.62. The highest BCUT2D eigenvalue weighted by atomic mass is 79.9. The second kappa shape index (κ2) is 7.28. The van der Waals surface area contributed by atoms with E-state index in [9.17, 15) is 9.59 Å². The lowest BCUT2D eigenvalue weighted by molar-refractivity contribution is -0.115. The Bertz CT molecular complexity index is 594. The minimum Gasteiger partial charge on any atom is -0.444 e. The maximum atomic E-state index is 12.1. The number of Topliss-reactive ketones (excluding diaryl/α,β-unsaturated/α-hetero) is 1. The van der Waals surface area contributed by atoms with Crippen molar-refractivity contribution in [2.75, 3.05) is 0 Å². The van der Waals surface area contributed by atoms with Crippen molar-refractivity contribution in [3.05, 3.63) is 34.3 Å². The van der Waals surface area contributed by atoms with Crippen molar-refractivity contribution in [2.45, 2.75) is 39.3 Å². The van der Waals surface area contributed by atoms with Gasteiger partial charge in [0.2, 0.25) is 5.78 Å². The minimum atomic E-state index is -0.857. The molecule has 0 aromatic heterocycles. The van der Waals surface area contributed by atoms with Crippen LogP contribution in [-0.4, -0.2) is 17.5 Å². The van der Waals surface area contributed by atoms with Crippen molar-refractivity contribution in [1.82, 2.24) is 5.32 Å². The molecule has 0 aliphatic carbocycles. The van der Waals surface area contributed by atoms with Crippen molar-refractivity contribution < 1.29 is 14.3 Å². The van der Waals surface area contributed by atoms with Crippen LogP contribution in [0.15, 0.2) is 28.7 Å². The van der Waals surface area contributed by atoms with Crippen LogP contribution >= 0.6 is 15.9 Å². The van der Waals surface area contributed by atoms with Gasteiger partial charge in [-0.3, -0.25) is 4.79 Å². The Morgan fingerprint density at radius 3 is 2.52 bits per heavy atom. The van der Waals surface area contributed by atoms with Crippen LogP contribution in [-0.2, 0) is 9.53 Å². The van der Waals surface area contributed by atoms with Gasteiger partial charge in [0.25, 0.3) is 0 Å². The number of ketones is 1. The lowest BCUT2D eigenvalue weighted by Gasteiger charge is -2.22. The number of rotatable bonds is 3. The van der Waals surface area contributed by atoms with Crippen LogP contribution in [0.1, 0.15) is 39.3 Å². The topological polar surface area (TPSA) is 55.4 Å². The molecule has 1 N–H and O–H groups in total. The summed E-state index contributed by atoms with van der Waals surface area (Å²) in [7, 11) is 0. The Morgan fingerprint density at radius 1 is 1.33 bits per heavy atom. The molecule has 0 aliphatic heterocycles. The largest absolute Gasteiger partial charge is 0.444 e. The molecule has 1 atom stereocenters. The fourth-order valence-corrected chi connectivity index (χ4v) is 2.02. The number of hydrogen-bond acceptors (Lipinski definition) is 3. The van der Waals surface area contributed by atoms with Gasteiger partial charge in [0.1, 0.15) is 11.6 Å². The number of nitrogens with one attached hydrogen (secondary N) is 1. The number of halogens is 1. The first-order valence-electron chi connectivity index (χ1n) is 6.44. The van der Waals surface area contributed by atoms with Crippen LogP contribution in [0, 0.1) is 11.8 Å². The molecule has 1 aromatic carbocycles. The van der Waals surface area contributed by atoms with Crippen LogP contribution in [0.2, 0.25) is 0 Å². The van der Waals surface area contributed by atoms with Gasteiger partial charge in [-0.25, -0.2) is 4.79 Å². The first kappa shape index (κ1) is 17.3. The molecule has 1 unspecified atom stereocenters. The Kier molecular flexibility index (Phi) is 5.98. The Labute approximate surface area is 133 Å². The van der Waals surface area contributed by atoms with E-state index < -0.39 is 17.7 Å². The quantitative estimate of drug-likeness (QED) is 0.668. The summed E-state index contributed by atoms with van der Waals surface area (Å²) in [5.41, 5.74) is 0.00811. The van der Waals surface area contributed by atoms with Gasteiger partial charge in [-0.05, 0) is 51.3 Å². The summed E-state index contributed by atoms with van der Waals surface area (Å²) in [6, 6.07) is 6.28. The highest BCUT2D eigenvalue weighted by Crippen LogP contribution is 2.20. The van der Waals surface area contributed by atoms with Gasteiger partial charge >= 0.3 is 6.09 Å². The molecular weight excluding hydrogens is 334 g/mol. The fraction of sp³-hybridized carbons (Fsp3) is 0.375. The standard InChI is InChI=1S/C16H18BrNO3/c1-5-7-13(19)14(11-8-6-9-12(17)10-11)18-15(20)21-16(2,3)4/h6,8-10,14H,1-4H3,(H,18,20). The second-order valence-corrected chi connectivity index (χ2v) is 6.29. The van der Waals surface area contributed by atoms with E-state index in [1.54, 1.807) is 45.9 Å². The summed E-state index contributed by atoms with van der Waals surface area (Å²) < 4.78 is 6.00. The first-order chi connectivity index (χ1) is 9.73. The van der Waals surface area contributed by atoms with E-state index in [4.69, 9.17) is 4.74 Å². The molecule has 0 fully saturated rings. The average molecular weight is 352 g/mol. The monoisotopic (exact) mass is 351 g/mol. The van der Waals surface area contributed by atoms with Gasteiger partial charge in [0.15, 0.2) is 0 Å². The zero-order chi connectivity index (χ0) is 16.0. The van der Waals surface area contributed by atoms with Crippen LogP contribution in [0.3, 0.4) is 0 Å². The first-order valence-corrected chi connectivity index (χ1v) is 7.24. The van der Waals surface area contributed by atoms with Crippen LogP contribution in [0.25, 0.3) is 0 Å². The van der Waals surface area contributed by atoms with Gasteiger partial charge in [-0.15, -0.1) is 0 Å². The van der Waals surface area contributed by atoms with Crippen molar-refractivity contribution in [3.8, 4) is 11.8 Å². The highest BCUT2D eigenvalue weighted by Gasteiger charge is 2.24. The summed E-state index contributed by atoms with van der Waals surface area (Å²) in [6.07, 6.45) is -0.654. The molecule has 0 saturated heterocycles. The van der Waals surface area contributed by atoms with E-state index in [1.807, 2.05) is 6.07 Å². The van der Waals surface area contributed by atoms with Crippen LogP contribution in [0.4, 0.5) is 4.79 Å². The summed E-state index contributed by atoms with van der Waals surface area (Å²) in [4.78, 5) is 24.0. The Morgan fingerprint density at radius 2 is 2.00 bits per heavy atom. The van der Waals surface area contributed by atoms with Gasteiger partial charge < -0.3 is 10.1 Å². The molecule has 0 spiro atoms. The van der Waals surface area contributed by atoms with Crippen molar-refractivity contribution in [3.63, 3.8) is 0 Å². The predicted octanol–water partition coefficient (Wildman–Crippen LogP) is 3.61. The summed E-state index contributed by atoms with van der Waals surface area (Å²) in [6.45, 7) is 6.85. The Hall–Kier alpha value is -1.80. The predicted molar refractivity (Wildman–Crippen MR) is 84.7 cm³/mol. The Balaban J connectivity index is 3.00. The van der Waals surface area contributed by atoms with Gasteiger partial charge in [-0.1, -0.05) is 34.0 Å². The van der Waals surface area contributed by atoms with Gasteiger partial charge in [0, 0.05) is 4.47 Å². The van der Waals surface area contributed by atoms with Gasteiger partial charge in [0.05, 0.1) is 0 Å². The third-order valence-corrected chi connectivity index (χ3v) is 2.85. The zero-order valence-corrected chi connectivity index (χ0v) is 14.1. The molecule has 0 heterocycles. The van der Waals surface area contributed by atoms with E-state index in [0.29, 0.717) is 5.56 Å². The number of carbonyl (C=O) groups is 2. The molecule has 5 heteroatoms. The molecular formula is C16H18BrNO3. The molecule has 21 heavy (non-hydrogen) atoms. The van der Waals surface area contributed by atoms with E-state index in [1.165, 1.54) is 0 Å². The van der Waals surface area contributed by atoms with E-state index >= 15 is 0 Å². The molecule has 0 aliphatic rings. The third-order valence-electron chi connectivity index (χ3n) is 2.35. The molecule has 1 rings (SSSR count). The van der Waals surface area contributed by atoms with Crippen molar-refractivity contribution >= 4 is 27.8 Å². The van der Waals surface area contributed by atoms with E-state index in [2.05, 4.69) is 33.1 Å². The lowest BCUT2D eigenvalue weighted by Crippen LogP contribution is -2.37. The number of hydrogen-bond donors (Lipinski definition) is 1. The fourth-order valence-electron chi connectivity index (χ4n) is 1.61. The number of carbonyl (C=O) groups excluding carboxylic acids is 2. The number of ether oxygens (including phenoxy) is 1. The summed E-state index contributed by atoms with van der Waals surface area (Å²) >= 11 is 3.34. The molecule has 0 radical (unpaired) electrons. The zero-order valence-electron chi connectivity index (χ0n) is 12.5.